The maximum Gasteiger partial charge on any atom is 0.239 e. The molecule has 21 heavy (non-hydrogen) atoms. The third-order valence-electron chi connectivity index (χ3n) is 4.78. The SMILES string of the molecule is CCC1CCNC(C(=O)N2CCN(C(=O)C(C)C)CC2)C1. The summed E-state index contributed by atoms with van der Waals surface area (Å²) in [5.74, 6) is 1.13. The summed E-state index contributed by atoms with van der Waals surface area (Å²) in [5.41, 5.74) is 0. The summed E-state index contributed by atoms with van der Waals surface area (Å²) in [5, 5.41) is 3.36. The fraction of sp³-hybridized carbons (Fsp3) is 0.875. The molecule has 5 nitrogen and oxygen atoms in total. The highest BCUT2D eigenvalue weighted by Crippen LogP contribution is 2.21. The Morgan fingerprint density at radius 2 is 1.76 bits per heavy atom. The van der Waals surface area contributed by atoms with Crippen molar-refractivity contribution in [1.82, 2.24) is 15.1 Å². The maximum atomic E-state index is 12.6. The first-order chi connectivity index (χ1) is 10.0. The standard InChI is InChI=1S/C16H29N3O2/c1-4-13-5-6-17-14(11-13)16(21)19-9-7-18(8-10-19)15(20)12(2)3/h12-14,17H,4-11H2,1-3H3. The lowest BCUT2D eigenvalue weighted by molar-refractivity contribution is -0.143. The van der Waals surface area contributed by atoms with Crippen LogP contribution in [0.5, 0.6) is 0 Å². The first-order valence-electron chi connectivity index (χ1n) is 8.33. The van der Waals surface area contributed by atoms with Gasteiger partial charge in [0.05, 0.1) is 6.04 Å². The van der Waals surface area contributed by atoms with Crippen LogP contribution in [0.4, 0.5) is 0 Å². The van der Waals surface area contributed by atoms with Gasteiger partial charge in [-0.2, -0.15) is 0 Å². The molecule has 0 radical (unpaired) electrons. The van der Waals surface area contributed by atoms with Crippen LogP contribution in [-0.4, -0.2) is 60.4 Å². The van der Waals surface area contributed by atoms with Crippen LogP contribution in [0.3, 0.4) is 0 Å². The largest absolute Gasteiger partial charge is 0.339 e. The lowest BCUT2D eigenvalue weighted by atomic mass is 9.90. The van der Waals surface area contributed by atoms with Gasteiger partial charge < -0.3 is 15.1 Å². The number of piperidine rings is 1. The average Bonchev–Trinajstić information content (AvgIpc) is 2.53. The minimum atomic E-state index is -0.0175. The topological polar surface area (TPSA) is 52.7 Å². The number of hydrogen-bond acceptors (Lipinski definition) is 3. The molecule has 2 heterocycles. The lowest BCUT2D eigenvalue weighted by Crippen LogP contribution is -2.57. The highest BCUT2D eigenvalue weighted by Gasteiger charge is 2.32. The number of carbonyl (C=O) groups is 2. The number of rotatable bonds is 3. The zero-order valence-corrected chi connectivity index (χ0v) is 13.6. The molecule has 0 aromatic rings. The van der Waals surface area contributed by atoms with Crippen LogP contribution >= 0.6 is 0 Å². The smallest absolute Gasteiger partial charge is 0.239 e. The molecule has 2 fully saturated rings. The Labute approximate surface area is 128 Å². The van der Waals surface area contributed by atoms with Gasteiger partial charge in [-0.3, -0.25) is 9.59 Å². The fourth-order valence-corrected chi connectivity index (χ4v) is 3.29. The number of amides is 2. The van der Waals surface area contributed by atoms with Gasteiger partial charge in [0.1, 0.15) is 0 Å². The summed E-state index contributed by atoms with van der Waals surface area (Å²) < 4.78 is 0. The van der Waals surface area contributed by atoms with Crippen molar-refractivity contribution in [1.29, 1.82) is 0 Å². The van der Waals surface area contributed by atoms with Gasteiger partial charge in [0, 0.05) is 32.1 Å². The van der Waals surface area contributed by atoms with Gasteiger partial charge in [-0.25, -0.2) is 0 Å². The Bertz CT molecular complexity index is 376. The second kappa shape index (κ2) is 7.25. The first kappa shape index (κ1) is 16.3. The molecule has 0 aromatic carbocycles. The van der Waals surface area contributed by atoms with E-state index in [0.29, 0.717) is 32.1 Å². The Balaban J connectivity index is 1.84. The lowest BCUT2D eigenvalue weighted by Gasteiger charge is -2.38. The van der Waals surface area contributed by atoms with Crippen molar-refractivity contribution in [2.45, 2.75) is 46.1 Å². The van der Waals surface area contributed by atoms with Crippen molar-refractivity contribution in [3.05, 3.63) is 0 Å². The molecule has 120 valence electrons. The van der Waals surface area contributed by atoms with E-state index in [1.807, 2.05) is 23.6 Å². The van der Waals surface area contributed by atoms with Crippen LogP contribution in [0.2, 0.25) is 0 Å². The third-order valence-corrected chi connectivity index (χ3v) is 4.78. The first-order valence-corrected chi connectivity index (χ1v) is 8.33. The molecule has 0 aliphatic carbocycles. The predicted octanol–water partition coefficient (Wildman–Crippen LogP) is 1.09. The summed E-state index contributed by atoms with van der Waals surface area (Å²) in [6, 6.07) is -0.0175. The number of piperazine rings is 1. The van der Waals surface area contributed by atoms with Crippen LogP contribution in [0.15, 0.2) is 0 Å². The minimum Gasteiger partial charge on any atom is -0.339 e. The molecule has 1 N–H and O–H groups in total. The molecule has 2 rings (SSSR count). The van der Waals surface area contributed by atoms with E-state index in [9.17, 15) is 9.59 Å². The highest BCUT2D eigenvalue weighted by molar-refractivity contribution is 5.83. The average molecular weight is 295 g/mol. The van der Waals surface area contributed by atoms with E-state index in [0.717, 1.165) is 19.4 Å². The van der Waals surface area contributed by atoms with Crippen molar-refractivity contribution in [3.8, 4) is 0 Å². The monoisotopic (exact) mass is 295 g/mol. The second-order valence-corrected chi connectivity index (χ2v) is 6.61. The zero-order valence-electron chi connectivity index (χ0n) is 13.6. The van der Waals surface area contributed by atoms with Crippen molar-refractivity contribution < 1.29 is 9.59 Å². The Morgan fingerprint density at radius 1 is 1.14 bits per heavy atom. The van der Waals surface area contributed by atoms with Crippen LogP contribution in [0, 0.1) is 11.8 Å². The predicted molar refractivity (Wildman–Crippen MR) is 82.8 cm³/mol. The Hall–Kier alpha value is -1.10. The van der Waals surface area contributed by atoms with E-state index in [1.165, 1.54) is 6.42 Å². The summed E-state index contributed by atoms with van der Waals surface area (Å²) in [6.45, 7) is 9.69. The molecule has 2 amide bonds. The molecule has 2 aliphatic heterocycles. The molecule has 0 bridgehead atoms. The molecule has 5 heteroatoms. The van der Waals surface area contributed by atoms with E-state index in [1.54, 1.807) is 0 Å². The summed E-state index contributed by atoms with van der Waals surface area (Å²) in [4.78, 5) is 28.4. The third kappa shape index (κ3) is 3.96. The second-order valence-electron chi connectivity index (χ2n) is 6.61. The molecule has 2 unspecified atom stereocenters. The van der Waals surface area contributed by atoms with Crippen molar-refractivity contribution in [3.63, 3.8) is 0 Å². The Kier molecular flexibility index (Phi) is 5.62. The zero-order chi connectivity index (χ0) is 15.4. The number of nitrogens with zero attached hydrogens (tertiary/aromatic N) is 2. The van der Waals surface area contributed by atoms with Crippen LogP contribution in [0.1, 0.15) is 40.0 Å². The minimum absolute atomic E-state index is 0.0175. The molecule has 2 atom stereocenters. The molecule has 0 aromatic heterocycles. The molecular formula is C16H29N3O2. The van der Waals surface area contributed by atoms with Crippen molar-refractivity contribution in [2.75, 3.05) is 32.7 Å². The van der Waals surface area contributed by atoms with Gasteiger partial charge in [-0.1, -0.05) is 27.2 Å². The maximum absolute atomic E-state index is 12.6. The van der Waals surface area contributed by atoms with Gasteiger partial charge in [0.2, 0.25) is 11.8 Å². The van der Waals surface area contributed by atoms with E-state index < -0.39 is 0 Å². The normalized spacial score (nSPS) is 27.0. The summed E-state index contributed by atoms with van der Waals surface area (Å²) >= 11 is 0. The molecule has 0 saturated carbocycles. The summed E-state index contributed by atoms with van der Waals surface area (Å²) in [6.07, 6.45) is 3.29. The molecular weight excluding hydrogens is 266 g/mol. The van der Waals surface area contributed by atoms with E-state index >= 15 is 0 Å². The van der Waals surface area contributed by atoms with Gasteiger partial charge >= 0.3 is 0 Å². The van der Waals surface area contributed by atoms with Gasteiger partial charge in [0.15, 0.2) is 0 Å². The van der Waals surface area contributed by atoms with Crippen molar-refractivity contribution in [2.24, 2.45) is 11.8 Å². The van der Waals surface area contributed by atoms with Crippen molar-refractivity contribution >= 4 is 11.8 Å². The Morgan fingerprint density at radius 3 is 2.33 bits per heavy atom. The van der Waals surface area contributed by atoms with E-state index in [4.69, 9.17) is 0 Å². The van der Waals surface area contributed by atoms with Gasteiger partial charge in [0.25, 0.3) is 0 Å². The van der Waals surface area contributed by atoms with Crippen LogP contribution in [-0.2, 0) is 9.59 Å². The van der Waals surface area contributed by atoms with Crippen LogP contribution in [0.25, 0.3) is 0 Å². The molecule has 2 saturated heterocycles. The molecule has 2 aliphatic rings. The highest BCUT2D eigenvalue weighted by atomic mass is 16.2. The molecule has 0 spiro atoms. The van der Waals surface area contributed by atoms with Gasteiger partial charge in [-0.15, -0.1) is 0 Å². The van der Waals surface area contributed by atoms with E-state index in [-0.39, 0.29) is 23.8 Å². The fourth-order valence-electron chi connectivity index (χ4n) is 3.29. The number of carbonyl (C=O) groups excluding carboxylic acids is 2. The van der Waals surface area contributed by atoms with Gasteiger partial charge in [-0.05, 0) is 25.3 Å². The number of hydrogen-bond donors (Lipinski definition) is 1. The number of nitrogens with one attached hydrogen (secondary N) is 1. The van der Waals surface area contributed by atoms with E-state index in [2.05, 4.69) is 12.2 Å². The summed E-state index contributed by atoms with van der Waals surface area (Å²) in [7, 11) is 0. The quantitative estimate of drug-likeness (QED) is 0.848. The van der Waals surface area contributed by atoms with Crippen LogP contribution < -0.4 is 5.32 Å².